The Hall–Kier alpha value is -1.99. The van der Waals surface area contributed by atoms with E-state index in [-0.39, 0.29) is 30.8 Å². The first-order valence-corrected chi connectivity index (χ1v) is 9.37. The van der Waals surface area contributed by atoms with Crippen LogP contribution in [0.15, 0.2) is 23.7 Å². The van der Waals surface area contributed by atoms with Gasteiger partial charge in [-0.2, -0.15) is 0 Å². The summed E-state index contributed by atoms with van der Waals surface area (Å²) in [5, 5.41) is 12.1. The summed E-state index contributed by atoms with van der Waals surface area (Å²) in [4.78, 5) is 10.7. The van der Waals surface area contributed by atoms with Gasteiger partial charge in [0, 0.05) is 6.42 Å². The fourth-order valence-corrected chi connectivity index (χ4v) is 3.13. The number of ether oxygens (including phenoxy) is 1. The van der Waals surface area contributed by atoms with Crippen LogP contribution in [-0.2, 0) is 14.1 Å². The Morgan fingerprint density at radius 1 is 1.30 bits per heavy atom. The first-order chi connectivity index (χ1) is 12.6. The van der Waals surface area contributed by atoms with Crippen LogP contribution in [0.2, 0.25) is 0 Å². The lowest BCUT2D eigenvalue weighted by molar-refractivity contribution is -0.137. The average Bonchev–Trinajstić information content (AvgIpc) is 2.80. The van der Waals surface area contributed by atoms with Gasteiger partial charge in [-0.25, -0.2) is 0 Å². The highest BCUT2D eigenvalue weighted by molar-refractivity contribution is 6.55. The highest BCUT2D eigenvalue weighted by atomic mass is 16.7. The zero-order valence-electron chi connectivity index (χ0n) is 16.7. The number of hydrogen-bond acceptors (Lipinski definition) is 5. The highest BCUT2D eigenvalue weighted by Gasteiger charge is 2.51. The van der Waals surface area contributed by atoms with Crippen molar-refractivity contribution in [1.82, 2.24) is 0 Å². The molecule has 0 aliphatic carbocycles. The molecule has 1 aromatic rings. The third kappa shape index (κ3) is 4.30. The molecular formula is C20H28BNO5. The summed E-state index contributed by atoms with van der Waals surface area (Å²) >= 11 is 0. The predicted molar refractivity (Wildman–Crippen MR) is 106 cm³/mol. The number of fused-ring (bicyclic) bond motifs is 1. The van der Waals surface area contributed by atoms with E-state index in [1.807, 2.05) is 52.8 Å². The molecule has 0 spiro atoms. The lowest BCUT2D eigenvalue weighted by Gasteiger charge is -2.32. The van der Waals surface area contributed by atoms with Crippen LogP contribution in [0.5, 0.6) is 5.75 Å². The van der Waals surface area contributed by atoms with E-state index in [9.17, 15) is 4.79 Å². The molecule has 2 aliphatic heterocycles. The van der Waals surface area contributed by atoms with Crippen molar-refractivity contribution in [2.24, 2.45) is 0 Å². The molecule has 146 valence electrons. The average molecular weight is 373 g/mol. The van der Waals surface area contributed by atoms with E-state index < -0.39 is 5.97 Å². The molecule has 2 N–H and O–H groups in total. The highest BCUT2D eigenvalue weighted by Crippen LogP contribution is 2.39. The Kier molecular flexibility index (Phi) is 5.28. The Labute approximate surface area is 161 Å². The van der Waals surface area contributed by atoms with Crippen LogP contribution in [0.4, 0.5) is 5.69 Å². The number of carboxylic acid groups (broad SMARTS) is 1. The lowest BCUT2D eigenvalue weighted by Crippen LogP contribution is -2.41. The second-order valence-corrected chi connectivity index (χ2v) is 8.29. The molecule has 2 heterocycles. The molecule has 1 fully saturated rings. The summed E-state index contributed by atoms with van der Waals surface area (Å²) < 4.78 is 18.1. The molecule has 1 saturated heterocycles. The standard InChI is InChI=1S/C20H28BNO5/c1-13(21-26-19(2,3)20(4,5)27-21)10-14-6-8-17-16(11-14)22-12-15(25-17)7-9-18(23)24/h6,8,10-11,15,22H,7,9,12H2,1-5H3,(H,23,24)/t15-/m0/s1. The van der Waals surface area contributed by atoms with Gasteiger partial charge in [-0.3, -0.25) is 4.79 Å². The zero-order valence-corrected chi connectivity index (χ0v) is 16.7. The topological polar surface area (TPSA) is 77.0 Å². The van der Waals surface area contributed by atoms with Gasteiger partial charge >= 0.3 is 13.1 Å². The van der Waals surface area contributed by atoms with Gasteiger partial charge in [-0.1, -0.05) is 12.1 Å². The number of carbonyl (C=O) groups is 1. The second-order valence-electron chi connectivity index (χ2n) is 8.29. The number of allylic oxidation sites excluding steroid dienone is 1. The smallest absolute Gasteiger partial charge is 0.486 e. The molecule has 1 aromatic carbocycles. The molecule has 3 rings (SSSR count). The molecule has 7 heteroatoms. The summed E-state index contributed by atoms with van der Waals surface area (Å²) in [6.07, 6.45) is 2.53. The maximum absolute atomic E-state index is 10.7. The quantitative estimate of drug-likeness (QED) is 0.766. The number of nitrogens with one attached hydrogen (secondary N) is 1. The monoisotopic (exact) mass is 373 g/mol. The molecule has 0 saturated carbocycles. The van der Waals surface area contributed by atoms with E-state index in [2.05, 4.69) is 11.4 Å². The summed E-state index contributed by atoms with van der Waals surface area (Å²) in [5.74, 6) is -0.0508. The van der Waals surface area contributed by atoms with Crippen molar-refractivity contribution < 1.29 is 23.9 Å². The van der Waals surface area contributed by atoms with Crippen LogP contribution < -0.4 is 10.1 Å². The second kappa shape index (κ2) is 7.21. The summed E-state index contributed by atoms with van der Waals surface area (Å²) in [7, 11) is -0.365. The van der Waals surface area contributed by atoms with Gasteiger partial charge < -0.3 is 24.5 Å². The number of hydrogen-bond donors (Lipinski definition) is 2. The van der Waals surface area contributed by atoms with E-state index in [4.69, 9.17) is 19.2 Å². The number of carboxylic acids is 1. The molecular weight excluding hydrogens is 345 g/mol. The molecule has 27 heavy (non-hydrogen) atoms. The number of benzene rings is 1. The fraction of sp³-hybridized carbons (Fsp3) is 0.550. The van der Waals surface area contributed by atoms with Crippen LogP contribution in [0.1, 0.15) is 53.0 Å². The van der Waals surface area contributed by atoms with Crippen molar-refractivity contribution in [1.29, 1.82) is 0 Å². The van der Waals surface area contributed by atoms with E-state index in [1.54, 1.807) is 0 Å². The maximum atomic E-state index is 10.7. The normalized spacial score (nSPS) is 23.4. The summed E-state index contributed by atoms with van der Waals surface area (Å²) in [6, 6.07) is 5.92. The zero-order chi connectivity index (χ0) is 19.8. The van der Waals surface area contributed by atoms with E-state index in [1.165, 1.54) is 0 Å². The van der Waals surface area contributed by atoms with Gasteiger partial charge in [0.05, 0.1) is 23.4 Å². The number of aliphatic carboxylic acids is 1. The van der Waals surface area contributed by atoms with Gasteiger partial charge in [0.1, 0.15) is 11.9 Å². The SMILES string of the molecule is CC(=Cc1ccc2c(c1)NC[C@H](CCC(=O)O)O2)B1OC(C)(C)C(C)(C)O1. The van der Waals surface area contributed by atoms with Crippen molar-refractivity contribution in [3.05, 3.63) is 29.2 Å². The Bertz CT molecular complexity index is 743. The van der Waals surface area contributed by atoms with Crippen molar-refractivity contribution >= 4 is 24.9 Å². The van der Waals surface area contributed by atoms with Crippen molar-refractivity contribution in [2.45, 2.75) is 64.8 Å². The van der Waals surface area contributed by atoms with Crippen molar-refractivity contribution in [3.63, 3.8) is 0 Å². The van der Waals surface area contributed by atoms with E-state index in [0.29, 0.717) is 13.0 Å². The van der Waals surface area contributed by atoms with Crippen LogP contribution >= 0.6 is 0 Å². The molecule has 2 aliphatic rings. The Morgan fingerprint density at radius 3 is 2.59 bits per heavy atom. The minimum atomic E-state index is -0.803. The van der Waals surface area contributed by atoms with Crippen molar-refractivity contribution in [2.75, 3.05) is 11.9 Å². The van der Waals surface area contributed by atoms with E-state index >= 15 is 0 Å². The van der Waals surface area contributed by atoms with Gasteiger partial charge in [0.25, 0.3) is 0 Å². The number of anilines is 1. The minimum absolute atomic E-state index is 0.107. The third-order valence-electron chi connectivity index (χ3n) is 5.52. The molecule has 1 atom stereocenters. The Balaban J connectivity index is 1.69. The van der Waals surface area contributed by atoms with Gasteiger partial charge in [0.2, 0.25) is 0 Å². The molecule has 0 amide bonds. The lowest BCUT2D eigenvalue weighted by atomic mass is 9.78. The Morgan fingerprint density at radius 2 is 1.96 bits per heavy atom. The van der Waals surface area contributed by atoms with Crippen LogP contribution in [0.3, 0.4) is 0 Å². The molecule has 0 aromatic heterocycles. The molecule has 0 unspecified atom stereocenters. The fourth-order valence-electron chi connectivity index (χ4n) is 3.13. The summed E-state index contributed by atoms with van der Waals surface area (Å²) in [6.45, 7) is 10.8. The van der Waals surface area contributed by atoms with E-state index in [0.717, 1.165) is 22.5 Å². The number of rotatable bonds is 5. The first-order valence-electron chi connectivity index (χ1n) is 9.37. The van der Waals surface area contributed by atoms with Crippen molar-refractivity contribution in [3.8, 4) is 5.75 Å². The predicted octanol–water partition coefficient (Wildman–Crippen LogP) is 3.76. The van der Waals surface area contributed by atoms with Gasteiger partial charge in [-0.05, 0) is 64.2 Å². The van der Waals surface area contributed by atoms with Crippen LogP contribution in [0, 0.1) is 0 Å². The largest absolute Gasteiger partial charge is 0.490 e. The first kappa shape index (κ1) is 19.8. The third-order valence-corrected chi connectivity index (χ3v) is 5.52. The summed E-state index contributed by atoms with van der Waals surface area (Å²) in [5.41, 5.74) is 2.23. The minimum Gasteiger partial charge on any atom is -0.486 e. The van der Waals surface area contributed by atoms with Gasteiger partial charge in [-0.15, -0.1) is 0 Å². The molecule has 0 bridgehead atoms. The van der Waals surface area contributed by atoms with Crippen LogP contribution in [-0.4, -0.2) is 42.0 Å². The van der Waals surface area contributed by atoms with Crippen LogP contribution in [0.25, 0.3) is 6.08 Å². The molecule has 0 radical (unpaired) electrons. The van der Waals surface area contributed by atoms with Gasteiger partial charge in [0.15, 0.2) is 0 Å². The molecule has 6 nitrogen and oxygen atoms in total. The maximum Gasteiger partial charge on any atom is 0.490 e.